The number of para-hydroxylation sites is 1. The Kier molecular flexibility index (Phi) is 5.15. The highest BCUT2D eigenvalue weighted by atomic mass is 35.5. The van der Waals surface area contributed by atoms with Crippen molar-refractivity contribution < 1.29 is 9.53 Å². The van der Waals surface area contributed by atoms with Crippen molar-refractivity contribution in [3.05, 3.63) is 29.3 Å². The highest BCUT2D eigenvalue weighted by Crippen LogP contribution is 2.49. The first kappa shape index (κ1) is 16.6. The average Bonchev–Trinajstić information content (AvgIpc) is 3.42. The molecule has 2 saturated carbocycles. The lowest BCUT2D eigenvalue weighted by atomic mass is 9.87. The van der Waals surface area contributed by atoms with Gasteiger partial charge in [0.25, 0.3) is 0 Å². The first-order valence-electron chi connectivity index (χ1n) is 8.74. The van der Waals surface area contributed by atoms with Crippen LogP contribution < -0.4 is 5.32 Å². The average molecular weight is 336 g/mol. The number of carbonyl (C=O) groups excluding carboxylic acids is 1. The van der Waals surface area contributed by atoms with E-state index in [-0.39, 0.29) is 6.61 Å². The number of amides is 1. The number of anilines is 1. The van der Waals surface area contributed by atoms with Crippen molar-refractivity contribution in [3.63, 3.8) is 0 Å². The number of alkyl halides is 1. The van der Waals surface area contributed by atoms with Gasteiger partial charge >= 0.3 is 6.09 Å². The van der Waals surface area contributed by atoms with Gasteiger partial charge < -0.3 is 4.74 Å². The topological polar surface area (TPSA) is 38.3 Å². The van der Waals surface area contributed by atoms with Crippen molar-refractivity contribution in [2.75, 3.05) is 17.8 Å². The second-order valence-electron chi connectivity index (χ2n) is 7.01. The summed E-state index contributed by atoms with van der Waals surface area (Å²) in [6.07, 6.45) is 4.77. The van der Waals surface area contributed by atoms with Gasteiger partial charge in [-0.15, -0.1) is 11.6 Å². The zero-order valence-electron chi connectivity index (χ0n) is 14.0. The highest BCUT2D eigenvalue weighted by Gasteiger charge is 2.34. The normalized spacial score (nSPS) is 20.0. The summed E-state index contributed by atoms with van der Waals surface area (Å²) >= 11 is 5.61. The number of nitrogens with one attached hydrogen (secondary N) is 1. The molecule has 1 N–H and O–H groups in total. The first-order chi connectivity index (χ1) is 11.1. The van der Waals surface area contributed by atoms with Gasteiger partial charge in [0.05, 0.1) is 11.6 Å². The molecule has 0 saturated heterocycles. The highest BCUT2D eigenvalue weighted by molar-refractivity contribution is 6.18. The number of ether oxygens (including phenoxy) is 1. The Morgan fingerprint density at radius 2 is 1.70 bits per heavy atom. The van der Waals surface area contributed by atoms with Crippen LogP contribution in [0.5, 0.6) is 0 Å². The van der Waals surface area contributed by atoms with Crippen LogP contribution in [0.4, 0.5) is 10.5 Å². The van der Waals surface area contributed by atoms with E-state index in [0.29, 0.717) is 17.7 Å². The summed E-state index contributed by atoms with van der Waals surface area (Å²) in [5, 5.41) is 3.02. The summed E-state index contributed by atoms with van der Waals surface area (Å²) in [6, 6.07) is 6.45. The fourth-order valence-electron chi connectivity index (χ4n) is 3.46. The fourth-order valence-corrected chi connectivity index (χ4v) is 3.54. The molecule has 0 heterocycles. The molecule has 23 heavy (non-hydrogen) atoms. The zero-order chi connectivity index (χ0) is 16.4. The maximum absolute atomic E-state index is 12.1. The third-order valence-corrected chi connectivity index (χ3v) is 5.46. The van der Waals surface area contributed by atoms with E-state index in [0.717, 1.165) is 17.5 Å². The van der Waals surface area contributed by atoms with E-state index in [1.54, 1.807) is 0 Å². The Balaban J connectivity index is 1.88. The first-order valence-corrected chi connectivity index (χ1v) is 9.27. The molecule has 1 amide bonds. The SMILES string of the molecule is CC(c1cccc(C(C)C2CC2)c1NC(=O)OCCCl)C1CC1. The quantitative estimate of drug-likeness (QED) is 0.668. The second kappa shape index (κ2) is 7.12. The predicted molar refractivity (Wildman–Crippen MR) is 94.4 cm³/mol. The number of hydrogen-bond donors (Lipinski definition) is 1. The van der Waals surface area contributed by atoms with Crippen LogP contribution in [0, 0.1) is 11.8 Å². The van der Waals surface area contributed by atoms with Crippen molar-refractivity contribution in [2.45, 2.75) is 51.4 Å². The molecule has 0 aromatic heterocycles. The van der Waals surface area contributed by atoms with E-state index in [2.05, 4.69) is 37.4 Å². The summed E-state index contributed by atoms with van der Waals surface area (Å²) in [7, 11) is 0. The molecule has 0 aliphatic heterocycles. The van der Waals surface area contributed by atoms with Crippen molar-refractivity contribution in [1.29, 1.82) is 0 Å². The number of halogens is 1. The van der Waals surface area contributed by atoms with Gasteiger partial charge in [0.15, 0.2) is 0 Å². The monoisotopic (exact) mass is 335 g/mol. The summed E-state index contributed by atoms with van der Waals surface area (Å²) < 4.78 is 5.13. The smallest absolute Gasteiger partial charge is 0.411 e. The maximum atomic E-state index is 12.1. The standard InChI is InChI=1S/C19H26ClNO2/c1-12(14-6-7-14)16-4-3-5-17(13(2)15-8-9-15)18(16)21-19(22)23-11-10-20/h3-5,12-15H,6-11H2,1-2H3,(H,21,22). The molecule has 3 nitrogen and oxygen atoms in total. The molecular weight excluding hydrogens is 310 g/mol. The molecular formula is C19H26ClNO2. The van der Waals surface area contributed by atoms with E-state index >= 15 is 0 Å². The lowest BCUT2D eigenvalue weighted by molar-refractivity contribution is 0.168. The van der Waals surface area contributed by atoms with Crippen LogP contribution in [-0.4, -0.2) is 18.6 Å². The van der Waals surface area contributed by atoms with E-state index in [1.165, 1.54) is 36.8 Å². The molecule has 2 atom stereocenters. The molecule has 3 rings (SSSR count). The van der Waals surface area contributed by atoms with Crippen LogP contribution in [-0.2, 0) is 4.74 Å². The summed E-state index contributed by atoms with van der Waals surface area (Å²) in [4.78, 5) is 12.1. The van der Waals surface area contributed by atoms with E-state index in [4.69, 9.17) is 16.3 Å². The van der Waals surface area contributed by atoms with Crippen LogP contribution in [0.2, 0.25) is 0 Å². The predicted octanol–water partition coefficient (Wildman–Crippen LogP) is 5.50. The van der Waals surface area contributed by atoms with Gasteiger partial charge in [-0.05, 0) is 60.5 Å². The van der Waals surface area contributed by atoms with Crippen LogP contribution in [0.3, 0.4) is 0 Å². The molecule has 0 radical (unpaired) electrons. The Hall–Kier alpha value is -1.22. The van der Waals surface area contributed by atoms with E-state index in [9.17, 15) is 4.79 Å². The maximum Gasteiger partial charge on any atom is 0.411 e. The van der Waals surface area contributed by atoms with Gasteiger partial charge in [-0.25, -0.2) is 4.79 Å². The molecule has 2 fully saturated rings. The van der Waals surface area contributed by atoms with Gasteiger partial charge in [0.1, 0.15) is 6.61 Å². The van der Waals surface area contributed by atoms with Gasteiger partial charge in [-0.2, -0.15) is 0 Å². The lowest BCUT2D eigenvalue weighted by Gasteiger charge is -2.23. The molecule has 2 unspecified atom stereocenters. The molecule has 2 aliphatic rings. The summed E-state index contributed by atoms with van der Waals surface area (Å²) in [5.74, 6) is 2.77. The third kappa shape index (κ3) is 4.00. The molecule has 4 heteroatoms. The lowest BCUT2D eigenvalue weighted by Crippen LogP contribution is -2.19. The van der Waals surface area contributed by atoms with E-state index < -0.39 is 6.09 Å². The van der Waals surface area contributed by atoms with Crippen LogP contribution in [0.15, 0.2) is 18.2 Å². The van der Waals surface area contributed by atoms with Crippen LogP contribution in [0.25, 0.3) is 0 Å². The van der Waals surface area contributed by atoms with Gasteiger partial charge in [0, 0.05) is 0 Å². The zero-order valence-corrected chi connectivity index (χ0v) is 14.7. The minimum Gasteiger partial charge on any atom is -0.448 e. The Morgan fingerprint density at radius 1 is 1.17 bits per heavy atom. The number of benzene rings is 1. The largest absolute Gasteiger partial charge is 0.448 e. The molecule has 126 valence electrons. The third-order valence-electron chi connectivity index (χ3n) is 5.31. The van der Waals surface area contributed by atoms with Crippen molar-refractivity contribution >= 4 is 23.4 Å². The molecule has 0 spiro atoms. The summed E-state index contributed by atoms with van der Waals surface area (Å²) in [5.41, 5.74) is 3.48. The van der Waals surface area contributed by atoms with Crippen LogP contribution in [0.1, 0.15) is 62.5 Å². The number of rotatable bonds is 7. The van der Waals surface area contributed by atoms with Crippen LogP contribution >= 0.6 is 11.6 Å². The minimum atomic E-state index is -0.398. The Bertz CT molecular complexity index is 530. The molecule has 0 bridgehead atoms. The summed E-state index contributed by atoms with van der Waals surface area (Å²) in [6.45, 7) is 4.78. The van der Waals surface area contributed by atoms with Gasteiger partial charge in [-0.3, -0.25) is 5.32 Å². The number of hydrogen-bond acceptors (Lipinski definition) is 2. The van der Waals surface area contributed by atoms with E-state index in [1.807, 2.05) is 0 Å². The molecule has 2 aliphatic carbocycles. The second-order valence-corrected chi connectivity index (χ2v) is 7.39. The number of carbonyl (C=O) groups is 1. The Morgan fingerprint density at radius 3 is 2.13 bits per heavy atom. The molecule has 1 aromatic carbocycles. The van der Waals surface area contributed by atoms with Crippen molar-refractivity contribution in [1.82, 2.24) is 0 Å². The minimum absolute atomic E-state index is 0.237. The fraction of sp³-hybridized carbons (Fsp3) is 0.632. The van der Waals surface area contributed by atoms with Crippen molar-refractivity contribution in [2.24, 2.45) is 11.8 Å². The Labute approximate surface area is 143 Å². The van der Waals surface area contributed by atoms with Crippen molar-refractivity contribution in [3.8, 4) is 0 Å². The van der Waals surface area contributed by atoms with Gasteiger partial charge in [-0.1, -0.05) is 32.0 Å². The van der Waals surface area contributed by atoms with Gasteiger partial charge in [0.2, 0.25) is 0 Å². The molecule has 1 aromatic rings.